The van der Waals surface area contributed by atoms with E-state index in [1.807, 2.05) is 18.2 Å². The minimum absolute atomic E-state index is 0.130. The summed E-state index contributed by atoms with van der Waals surface area (Å²) in [5.41, 5.74) is 0.206. The second-order valence-electron chi connectivity index (χ2n) is 9.25. The average molecular weight is 524 g/mol. The number of Topliss-reactive ketones (excluding diaryl/α,β-unsaturated/α-hetero) is 1. The number of nitrogens with zero attached hydrogens (tertiary/aromatic N) is 3. The van der Waals surface area contributed by atoms with E-state index in [1.165, 1.54) is 18.5 Å². The number of carbonyl (C=O) groups is 3. The lowest BCUT2D eigenvalue weighted by molar-refractivity contribution is -0.129. The zero-order valence-corrected chi connectivity index (χ0v) is 21.4. The first-order chi connectivity index (χ1) is 17.7. The summed E-state index contributed by atoms with van der Waals surface area (Å²) in [5.74, 6) is -1.70. The first-order valence-electron chi connectivity index (χ1n) is 12.1. The number of fused-ring (bicyclic) bond motifs is 1. The minimum Gasteiger partial charge on any atom is -0.344 e. The molecule has 37 heavy (non-hydrogen) atoms. The molecule has 3 heterocycles. The molecule has 1 aliphatic rings. The fourth-order valence-corrected chi connectivity index (χ4v) is 5.67. The Kier molecular flexibility index (Phi) is 7.94. The number of hydrogen-bond donors (Lipinski definition) is 2. The van der Waals surface area contributed by atoms with Gasteiger partial charge in [0.2, 0.25) is 5.91 Å². The third-order valence-electron chi connectivity index (χ3n) is 6.30. The Bertz CT molecular complexity index is 1410. The number of rotatable bonds is 7. The van der Waals surface area contributed by atoms with E-state index in [1.54, 1.807) is 38.1 Å². The van der Waals surface area contributed by atoms with Gasteiger partial charge in [0.25, 0.3) is 15.9 Å². The highest BCUT2D eigenvalue weighted by Gasteiger charge is 2.35. The van der Waals surface area contributed by atoms with E-state index in [0.29, 0.717) is 11.8 Å². The van der Waals surface area contributed by atoms with E-state index < -0.39 is 39.7 Å². The van der Waals surface area contributed by atoms with Gasteiger partial charge in [0.15, 0.2) is 10.8 Å². The van der Waals surface area contributed by atoms with Crippen molar-refractivity contribution in [1.82, 2.24) is 24.9 Å². The number of amides is 2. The van der Waals surface area contributed by atoms with Crippen LogP contribution in [-0.4, -0.2) is 65.5 Å². The highest BCUT2D eigenvalue weighted by molar-refractivity contribution is 7.89. The Morgan fingerprint density at radius 1 is 1.03 bits per heavy atom. The predicted molar refractivity (Wildman–Crippen MR) is 137 cm³/mol. The Morgan fingerprint density at radius 2 is 1.78 bits per heavy atom. The fraction of sp³-hybridized carbons (Fsp3) is 0.346. The van der Waals surface area contributed by atoms with Crippen LogP contribution in [0.15, 0.2) is 66.0 Å². The molecule has 1 fully saturated rings. The summed E-state index contributed by atoms with van der Waals surface area (Å²) >= 11 is 0. The lowest BCUT2D eigenvalue weighted by atomic mass is 10.0. The van der Waals surface area contributed by atoms with E-state index in [4.69, 9.17) is 0 Å². The molecule has 194 valence electrons. The van der Waals surface area contributed by atoms with Crippen LogP contribution in [0.1, 0.15) is 37.2 Å². The summed E-state index contributed by atoms with van der Waals surface area (Å²) < 4.78 is 27.0. The van der Waals surface area contributed by atoms with Gasteiger partial charge in [-0.15, -0.1) is 0 Å². The number of hydrogen-bond acceptors (Lipinski definition) is 7. The topological polar surface area (TPSA) is 138 Å². The number of carbonyl (C=O) groups excluding carboxylic acids is 3. The van der Waals surface area contributed by atoms with Crippen LogP contribution in [0, 0.1) is 5.92 Å². The first-order valence-corrected chi connectivity index (χ1v) is 13.5. The summed E-state index contributed by atoms with van der Waals surface area (Å²) in [6, 6.07) is 11.9. The number of sulfonamides is 1. The molecule has 4 rings (SSSR count). The molecule has 2 aromatic heterocycles. The maximum absolute atomic E-state index is 13.2. The molecule has 0 saturated carbocycles. The second kappa shape index (κ2) is 11.1. The van der Waals surface area contributed by atoms with Crippen LogP contribution in [0.2, 0.25) is 0 Å². The van der Waals surface area contributed by atoms with Crippen LogP contribution in [-0.2, 0) is 19.6 Å². The largest absolute Gasteiger partial charge is 0.344 e. The lowest BCUT2D eigenvalue weighted by Crippen LogP contribution is -2.54. The molecule has 1 aromatic carbocycles. The maximum Gasteiger partial charge on any atom is 0.271 e. The van der Waals surface area contributed by atoms with E-state index in [9.17, 15) is 22.8 Å². The van der Waals surface area contributed by atoms with Gasteiger partial charge >= 0.3 is 0 Å². The Labute approximate surface area is 215 Å². The molecule has 11 heteroatoms. The van der Waals surface area contributed by atoms with Crippen molar-refractivity contribution in [2.45, 2.75) is 43.8 Å². The molecule has 3 aromatic rings. The third-order valence-corrected chi connectivity index (χ3v) is 8.07. The van der Waals surface area contributed by atoms with Crippen molar-refractivity contribution in [2.75, 3.05) is 13.1 Å². The van der Waals surface area contributed by atoms with Gasteiger partial charge in [0.05, 0.1) is 12.6 Å². The highest BCUT2D eigenvalue weighted by atomic mass is 32.2. The molecule has 2 amide bonds. The van der Waals surface area contributed by atoms with Gasteiger partial charge in [0.1, 0.15) is 11.7 Å². The van der Waals surface area contributed by atoms with Crippen LogP contribution >= 0.6 is 0 Å². The van der Waals surface area contributed by atoms with Crippen molar-refractivity contribution in [1.29, 1.82) is 0 Å². The molecule has 0 spiro atoms. The first kappa shape index (κ1) is 26.4. The summed E-state index contributed by atoms with van der Waals surface area (Å²) in [6.07, 6.45) is 3.57. The zero-order chi connectivity index (χ0) is 26.6. The molecule has 1 aliphatic heterocycles. The van der Waals surface area contributed by atoms with Crippen molar-refractivity contribution in [3.05, 3.63) is 66.6 Å². The zero-order valence-electron chi connectivity index (χ0n) is 20.6. The lowest BCUT2D eigenvalue weighted by Gasteiger charge is -2.24. The van der Waals surface area contributed by atoms with E-state index in [0.717, 1.165) is 9.69 Å². The Morgan fingerprint density at radius 3 is 2.51 bits per heavy atom. The molecular weight excluding hydrogens is 494 g/mol. The van der Waals surface area contributed by atoms with Crippen LogP contribution in [0.5, 0.6) is 0 Å². The van der Waals surface area contributed by atoms with Gasteiger partial charge in [-0.2, -0.15) is 4.31 Å². The molecule has 10 nitrogen and oxygen atoms in total. The van der Waals surface area contributed by atoms with Gasteiger partial charge in [-0.05, 0) is 42.3 Å². The SMILES string of the molecule is CC(C)C(NC(=O)c1nccc2ccccc12)C(=O)NC1CCCN(S(=O)(=O)c2ccccn2)CC1=O. The fourth-order valence-electron chi connectivity index (χ4n) is 4.29. The maximum atomic E-state index is 13.2. The number of nitrogens with one attached hydrogen (secondary N) is 2. The summed E-state index contributed by atoms with van der Waals surface area (Å²) in [4.78, 5) is 47.4. The average Bonchev–Trinajstić information content (AvgIpc) is 3.08. The number of pyridine rings is 2. The van der Waals surface area contributed by atoms with Crippen LogP contribution in [0.4, 0.5) is 0 Å². The van der Waals surface area contributed by atoms with Crippen molar-refractivity contribution in [3.63, 3.8) is 0 Å². The van der Waals surface area contributed by atoms with E-state index in [-0.39, 0.29) is 36.1 Å². The van der Waals surface area contributed by atoms with Crippen molar-refractivity contribution in [3.8, 4) is 0 Å². The highest BCUT2D eigenvalue weighted by Crippen LogP contribution is 2.19. The number of ketones is 1. The molecule has 2 unspecified atom stereocenters. The second-order valence-corrected chi connectivity index (χ2v) is 11.1. The quantitative estimate of drug-likeness (QED) is 0.482. The molecule has 0 aliphatic carbocycles. The Hall–Kier alpha value is -3.70. The number of benzene rings is 1. The summed E-state index contributed by atoms with van der Waals surface area (Å²) in [5, 5.41) is 6.88. The van der Waals surface area contributed by atoms with Gasteiger partial charge < -0.3 is 10.6 Å². The molecule has 0 radical (unpaired) electrons. The van der Waals surface area contributed by atoms with Gasteiger partial charge in [0, 0.05) is 24.3 Å². The minimum atomic E-state index is -3.94. The number of aromatic nitrogens is 2. The van der Waals surface area contributed by atoms with Crippen LogP contribution in [0.25, 0.3) is 10.8 Å². The van der Waals surface area contributed by atoms with Gasteiger partial charge in [-0.25, -0.2) is 13.4 Å². The predicted octanol–water partition coefficient (Wildman–Crippen LogP) is 1.92. The van der Waals surface area contributed by atoms with E-state index >= 15 is 0 Å². The molecule has 1 saturated heterocycles. The molecular formula is C26H29N5O5S. The van der Waals surface area contributed by atoms with Crippen LogP contribution in [0.3, 0.4) is 0 Å². The van der Waals surface area contributed by atoms with Gasteiger partial charge in [-0.1, -0.05) is 44.2 Å². The monoisotopic (exact) mass is 523 g/mol. The van der Waals surface area contributed by atoms with Crippen molar-refractivity contribution in [2.24, 2.45) is 5.92 Å². The van der Waals surface area contributed by atoms with Gasteiger partial charge in [-0.3, -0.25) is 19.4 Å². The smallest absolute Gasteiger partial charge is 0.271 e. The van der Waals surface area contributed by atoms with Crippen molar-refractivity contribution < 1.29 is 22.8 Å². The Balaban J connectivity index is 1.46. The standard InChI is InChI=1S/C26H29N5O5S/c1-17(2)23(30-26(34)24-19-9-4-3-8-18(19)12-14-28-24)25(33)29-20-10-7-15-31(16-21(20)32)37(35,36)22-11-5-6-13-27-22/h3-6,8-9,11-14,17,20,23H,7,10,15-16H2,1-2H3,(H,29,33)(H,30,34). The van der Waals surface area contributed by atoms with Crippen molar-refractivity contribution >= 4 is 38.4 Å². The third kappa shape index (κ3) is 5.83. The van der Waals surface area contributed by atoms with E-state index in [2.05, 4.69) is 20.6 Å². The summed E-state index contributed by atoms with van der Waals surface area (Å²) in [6.45, 7) is 3.34. The molecule has 2 N–H and O–H groups in total. The summed E-state index contributed by atoms with van der Waals surface area (Å²) in [7, 11) is -3.94. The molecule has 2 atom stereocenters. The van der Waals surface area contributed by atoms with Crippen LogP contribution < -0.4 is 10.6 Å². The molecule has 0 bridgehead atoms. The normalized spacial score (nSPS) is 17.8.